The molecule has 5 heteroatoms. The Morgan fingerprint density at radius 3 is 2.21 bits per heavy atom. The molecule has 1 fully saturated rings. The minimum Gasteiger partial charge on any atom is -1.00 e. The summed E-state index contributed by atoms with van der Waals surface area (Å²) in [6.45, 7) is 5.23. The predicted molar refractivity (Wildman–Crippen MR) is 128 cm³/mol. The average Bonchev–Trinajstić information content (AvgIpc) is 3.43. The normalized spacial score (nSPS) is 18.4. The summed E-state index contributed by atoms with van der Waals surface area (Å²) >= 11 is 0. The fraction of sp³-hybridized carbons (Fsp3) is 0.357. The van der Waals surface area contributed by atoms with Crippen LogP contribution in [0, 0.1) is 12.8 Å². The lowest BCUT2D eigenvalue weighted by molar-refractivity contribution is -0.692. The van der Waals surface area contributed by atoms with Crippen LogP contribution in [0.3, 0.4) is 0 Å². The molecular formula is C28H34BrN3O. The summed E-state index contributed by atoms with van der Waals surface area (Å²) in [6, 6.07) is 20.6. The average molecular weight is 509 g/mol. The maximum absolute atomic E-state index is 13.3. The smallest absolute Gasteiger partial charge is 0.253 e. The molecule has 1 aromatic heterocycles. The van der Waals surface area contributed by atoms with Crippen molar-refractivity contribution in [3.05, 3.63) is 102 Å². The fourth-order valence-corrected chi connectivity index (χ4v) is 5.58. The van der Waals surface area contributed by atoms with Crippen molar-refractivity contribution in [3.63, 3.8) is 0 Å². The van der Waals surface area contributed by atoms with Crippen molar-refractivity contribution in [2.24, 2.45) is 11.7 Å². The summed E-state index contributed by atoms with van der Waals surface area (Å²) in [4.78, 5) is 13.3. The number of hydrogen-bond donors (Lipinski definition) is 1. The molecule has 1 aliphatic carbocycles. The summed E-state index contributed by atoms with van der Waals surface area (Å²) in [5.41, 5.74) is 7.41. The van der Waals surface area contributed by atoms with Gasteiger partial charge < -0.3 is 22.7 Å². The zero-order chi connectivity index (χ0) is 22.6. The second-order valence-corrected chi connectivity index (χ2v) is 8.85. The number of nitrogens with zero attached hydrogens (tertiary/aromatic N) is 2. The third-order valence-corrected chi connectivity index (χ3v) is 7.16. The molecule has 0 bridgehead atoms. The first-order valence-corrected chi connectivity index (χ1v) is 11.7. The predicted octanol–water partition coefficient (Wildman–Crippen LogP) is 1.87. The van der Waals surface area contributed by atoms with Gasteiger partial charge in [-0.15, -0.1) is 0 Å². The Bertz CT molecular complexity index is 1040. The minimum atomic E-state index is -0.821. The molecule has 0 spiro atoms. The highest BCUT2D eigenvalue weighted by Gasteiger charge is 2.51. The van der Waals surface area contributed by atoms with Crippen LogP contribution in [0.25, 0.3) is 0 Å². The highest BCUT2D eigenvalue weighted by Crippen LogP contribution is 2.49. The molecule has 1 amide bonds. The number of hydrogen-bond acceptors (Lipinski definition) is 1. The van der Waals surface area contributed by atoms with E-state index in [4.69, 9.17) is 5.73 Å². The van der Waals surface area contributed by atoms with Crippen LogP contribution in [0.5, 0.6) is 0 Å². The quantitative estimate of drug-likeness (QED) is 0.367. The summed E-state index contributed by atoms with van der Waals surface area (Å²) in [6.07, 6.45) is 12.8. The number of carbonyl (C=O) groups excluding carboxylic acids is 1. The van der Waals surface area contributed by atoms with E-state index in [1.807, 2.05) is 36.4 Å². The molecule has 2 atom stereocenters. The third-order valence-electron chi connectivity index (χ3n) is 7.16. The monoisotopic (exact) mass is 507 g/mol. The maximum Gasteiger partial charge on any atom is 0.253 e. The van der Waals surface area contributed by atoms with Gasteiger partial charge in [-0.05, 0) is 48.8 Å². The van der Waals surface area contributed by atoms with E-state index in [1.54, 1.807) is 0 Å². The Labute approximate surface area is 207 Å². The first kappa shape index (κ1) is 25.0. The van der Waals surface area contributed by atoms with Crippen LogP contribution in [0.4, 0.5) is 0 Å². The van der Waals surface area contributed by atoms with Crippen LogP contribution in [0.15, 0.2) is 85.2 Å². The van der Waals surface area contributed by atoms with E-state index in [9.17, 15) is 4.79 Å². The second-order valence-electron chi connectivity index (χ2n) is 8.85. The molecule has 0 saturated heterocycles. The van der Waals surface area contributed by atoms with Crippen molar-refractivity contribution in [1.82, 2.24) is 4.57 Å². The zero-order valence-electron chi connectivity index (χ0n) is 19.5. The Balaban J connectivity index is 0.00000306. The molecule has 4 nitrogen and oxygen atoms in total. The lowest BCUT2D eigenvalue weighted by Gasteiger charge is -2.37. The molecule has 0 radical (unpaired) electrons. The molecule has 1 heterocycles. The van der Waals surface area contributed by atoms with Crippen LogP contribution in [0.1, 0.15) is 55.6 Å². The maximum atomic E-state index is 13.3. The number of rotatable bonds is 8. The number of benzene rings is 2. The molecule has 3 aromatic rings. The molecule has 1 aliphatic rings. The minimum absolute atomic E-state index is 0. The number of primary amides is 1. The van der Waals surface area contributed by atoms with Gasteiger partial charge in [0.15, 0.2) is 0 Å². The summed E-state index contributed by atoms with van der Waals surface area (Å²) < 4.78 is 4.68. The first-order chi connectivity index (χ1) is 15.6. The van der Waals surface area contributed by atoms with E-state index < -0.39 is 5.41 Å². The van der Waals surface area contributed by atoms with Crippen LogP contribution < -0.4 is 27.3 Å². The molecule has 0 unspecified atom stereocenters. The van der Waals surface area contributed by atoms with E-state index in [1.165, 1.54) is 5.82 Å². The van der Waals surface area contributed by atoms with Crippen LogP contribution in [0.2, 0.25) is 0 Å². The summed E-state index contributed by atoms with van der Waals surface area (Å²) in [7, 11) is 0. The van der Waals surface area contributed by atoms with Crippen LogP contribution in [-0.2, 0) is 16.8 Å². The van der Waals surface area contributed by atoms with Gasteiger partial charge in [-0.3, -0.25) is 4.79 Å². The van der Waals surface area contributed by atoms with Crippen molar-refractivity contribution in [3.8, 4) is 0 Å². The number of imidazole rings is 1. The molecule has 174 valence electrons. The molecule has 33 heavy (non-hydrogen) atoms. The number of allylic oxidation sites excluding steroid dienone is 2. The lowest BCUT2D eigenvalue weighted by atomic mass is 9.64. The van der Waals surface area contributed by atoms with Gasteiger partial charge in [0.05, 0.1) is 0 Å². The highest BCUT2D eigenvalue weighted by molar-refractivity contribution is 5.91. The van der Waals surface area contributed by atoms with Crippen molar-refractivity contribution in [2.75, 3.05) is 0 Å². The topological polar surface area (TPSA) is 51.9 Å². The van der Waals surface area contributed by atoms with Gasteiger partial charge in [0.2, 0.25) is 5.91 Å². The fourth-order valence-electron chi connectivity index (χ4n) is 5.58. The highest BCUT2D eigenvalue weighted by atomic mass is 79.9. The Kier molecular flexibility index (Phi) is 8.30. The van der Waals surface area contributed by atoms with Gasteiger partial charge in [0.1, 0.15) is 30.4 Å². The van der Waals surface area contributed by atoms with Crippen molar-refractivity contribution >= 4 is 5.91 Å². The van der Waals surface area contributed by atoms with Gasteiger partial charge >= 0.3 is 0 Å². The Morgan fingerprint density at radius 1 is 1.06 bits per heavy atom. The molecular weight excluding hydrogens is 474 g/mol. The third kappa shape index (κ3) is 4.70. The molecule has 1 saturated carbocycles. The van der Waals surface area contributed by atoms with E-state index in [2.05, 4.69) is 71.8 Å². The van der Waals surface area contributed by atoms with Gasteiger partial charge in [0, 0.05) is 6.92 Å². The number of carbonyl (C=O) groups is 1. The van der Waals surface area contributed by atoms with E-state index in [0.717, 1.165) is 43.4 Å². The Hall–Kier alpha value is -2.66. The van der Waals surface area contributed by atoms with E-state index in [-0.39, 0.29) is 28.8 Å². The number of halogens is 1. The van der Waals surface area contributed by atoms with Gasteiger partial charge in [-0.2, -0.15) is 0 Å². The molecule has 2 N–H and O–H groups in total. The Morgan fingerprint density at radius 2 is 1.67 bits per heavy atom. The second kappa shape index (κ2) is 11.0. The molecule has 0 aliphatic heterocycles. The van der Waals surface area contributed by atoms with E-state index >= 15 is 0 Å². The molecule has 2 aromatic carbocycles. The summed E-state index contributed by atoms with van der Waals surface area (Å²) in [5.74, 6) is 1.13. The van der Waals surface area contributed by atoms with Gasteiger partial charge in [-0.25, -0.2) is 9.13 Å². The van der Waals surface area contributed by atoms with Gasteiger partial charge in [-0.1, -0.05) is 73.7 Å². The molecule has 4 rings (SSSR count). The van der Waals surface area contributed by atoms with E-state index in [0.29, 0.717) is 6.04 Å². The first-order valence-electron chi connectivity index (χ1n) is 11.7. The van der Waals surface area contributed by atoms with Crippen molar-refractivity contribution in [2.45, 2.75) is 57.5 Å². The van der Waals surface area contributed by atoms with Gasteiger partial charge in [0.25, 0.3) is 5.82 Å². The number of amides is 1. The largest absolute Gasteiger partial charge is 1.00 e. The van der Waals surface area contributed by atoms with Crippen molar-refractivity contribution in [1.29, 1.82) is 0 Å². The SMILES string of the molecule is CCC=CC[n+]1ccn([C@@H]2CC[C@H](C(C(N)=O)(c3ccccc3)c3ccccc3)C2)c1C.[Br-]. The number of nitrogens with two attached hydrogens (primary N) is 1. The van der Waals surface area contributed by atoms with Crippen molar-refractivity contribution < 1.29 is 26.3 Å². The zero-order valence-corrected chi connectivity index (χ0v) is 21.1. The van der Waals surface area contributed by atoms with Crippen LogP contribution in [-0.4, -0.2) is 10.5 Å². The summed E-state index contributed by atoms with van der Waals surface area (Å²) in [5, 5.41) is 0. The lowest BCUT2D eigenvalue weighted by Crippen LogP contribution is -3.00. The standard InChI is InChI=1S/C28H33N3O.BrH/c1-3-4-11-18-30-19-20-31(22(30)2)26-17-16-25(21-26)28(27(29)32,23-12-7-5-8-13-23)24-14-9-6-10-15-24;/h4-15,19-20,25-26H,3,16-18,21H2,1-2H3,(H-,29,32);1H/t25-,26+;/m0./s1. The number of aromatic nitrogens is 2. The van der Waals surface area contributed by atoms with Crippen LogP contribution >= 0.6 is 0 Å².